The molecule has 9 nitrogen and oxygen atoms in total. The molecule has 0 spiro atoms. The molecule has 2 fully saturated rings. The summed E-state index contributed by atoms with van der Waals surface area (Å²) in [6, 6.07) is 26.4. The Morgan fingerprint density at radius 2 is 1.65 bits per heavy atom. The number of nitrogens with one attached hydrogen (secondary N) is 2. The predicted octanol–water partition coefficient (Wildman–Crippen LogP) is 5.21. The summed E-state index contributed by atoms with van der Waals surface area (Å²) in [5.41, 5.74) is 2.66. The van der Waals surface area contributed by atoms with Crippen molar-refractivity contribution in [3.8, 4) is 16.9 Å². The van der Waals surface area contributed by atoms with Crippen LogP contribution in [0.2, 0.25) is 0 Å². The maximum atomic E-state index is 13.1. The number of hydrogen-bond donors (Lipinski definition) is 3. The van der Waals surface area contributed by atoms with Crippen molar-refractivity contribution in [1.29, 1.82) is 0 Å². The highest BCUT2D eigenvalue weighted by Gasteiger charge is 2.43. The fourth-order valence-electron chi connectivity index (χ4n) is 5.68. The van der Waals surface area contributed by atoms with Crippen LogP contribution in [0.1, 0.15) is 45.0 Å². The van der Waals surface area contributed by atoms with E-state index in [2.05, 4.69) is 63.5 Å². The molecule has 3 unspecified atom stereocenters. The zero-order valence-electron chi connectivity index (χ0n) is 26.8. The second-order valence-electron chi connectivity index (χ2n) is 12.6. The van der Waals surface area contributed by atoms with Gasteiger partial charge in [0.15, 0.2) is 6.29 Å². The van der Waals surface area contributed by atoms with Crippen molar-refractivity contribution in [2.24, 2.45) is 11.3 Å². The third-order valence-corrected chi connectivity index (χ3v) is 9.66. The maximum absolute atomic E-state index is 13.1. The molecule has 2 heterocycles. The first-order valence-corrected chi connectivity index (χ1v) is 16.7. The van der Waals surface area contributed by atoms with Gasteiger partial charge >= 0.3 is 0 Å². The van der Waals surface area contributed by atoms with E-state index in [0.717, 1.165) is 37.2 Å². The Morgan fingerprint density at radius 1 is 0.978 bits per heavy atom. The molecule has 2 saturated heterocycles. The molecule has 0 bridgehead atoms. The summed E-state index contributed by atoms with van der Waals surface area (Å²) in [6.07, 6.45) is -0.577. The summed E-state index contributed by atoms with van der Waals surface area (Å²) >= 11 is 1.77. The summed E-state index contributed by atoms with van der Waals surface area (Å²) in [7, 11) is 1.60. The molecule has 0 aromatic heterocycles. The van der Waals surface area contributed by atoms with E-state index in [1.54, 1.807) is 19.1 Å². The van der Waals surface area contributed by atoms with Crippen LogP contribution < -0.4 is 15.4 Å². The first-order chi connectivity index (χ1) is 22.2. The molecule has 46 heavy (non-hydrogen) atoms. The summed E-state index contributed by atoms with van der Waals surface area (Å²) in [5.74, 6) is 0.376. The molecule has 0 saturated carbocycles. The van der Waals surface area contributed by atoms with Gasteiger partial charge in [-0.15, -0.1) is 0 Å². The largest absolute Gasteiger partial charge is 0.497 e. The molecule has 3 aromatic carbocycles. The number of carbonyl (C=O) groups excluding carboxylic acids is 2. The highest BCUT2D eigenvalue weighted by Crippen LogP contribution is 2.37. The second kappa shape index (κ2) is 15.9. The van der Waals surface area contributed by atoms with Crippen molar-refractivity contribution in [2.45, 2.75) is 56.5 Å². The number of hydrogen-bond acceptors (Lipinski definition) is 8. The highest BCUT2D eigenvalue weighted by atomic mass is 32.2. The Kier molecular flexibility index (Phi) is 11.8. The molecule has 2 aliphatic heterocycles. The Bertz CT molecular complexity index is 1410. The van der Waals surface area contributed by atoms with E-state index in [1.807, 2.05) is 44.2 Å². The van der Waals surface area contributed by atoms with Crippen LogP contribution in [0.3, 0.4) is 0 Å². The van der Waals surface area contributed by atoms with Gasteiger partial charge in [-0.3, -0.25) is 9.59 Å². The van der Waals surface area contributed by atoms with Crippen LogP contribution in [-0.4, -0.2) is 73.3 Å². The minimum absolute atomic E-state index is 0.112. The van der Waals surface area contributed by atoms with Crippen molar-refractivity contribution in [3.63, 3.8) is 0 Å². The molecule has 0 aliphatic carbocycles. The molecule has 2 aliphatic rings. The topological polar surface area (TPSA) is 109 Å². The predicted molar refractivity (Wildman–Crippen MR) is 179 cm³/mol. The molecule has 3 aromatic rings. The number of ether oxygens (including phenoxy) is 3. The number of nitrogens with zero attached hydrogens (tertiary/aromatic N) is 1. The molecular weight excluding hydrogens is 602 g/mol. The van der Waals surface area contributed by atoms with Crippen LogP contribution in [0.4, 0.5) is 0 Å². The summed E-state index contributed by atoms with van der Waals surface area (Å²) < 4.78 is 19.6. The van der Waals surface area contributed by atoms with Gasteiger partial charge in [-0.05, 0) is 72.5 Å². The van der Waals surface area contributed by atoms with E-state index in [1.165, 1.54) is 16.0 Å². The van der Waals surface area contributed by atoms with Gasteiger partial charge in [0.25, 0.3) is 0 Å². The second-order valence-corrected chi connectivity index (χ2v) is 13.8. The monoisotopic (exact) mass is 647 g/mol. The minimum atomic E-state index is -1.20. The summed E-state index contributed by atoms with van der Waals surface area (Å²) in [6.45, 7) is 6.72. The number of amides is 2. The van der Waals surface area contributed by atoms with Gasteiger partial charge in [0.1, 0.15) is 18.0 Å². The van der Waals surface area contributed by atoms with Crippen LogP contribution >= 0.6 is 11.9 Å². The van der Waals surface area contributed by atoms with Crippen molar-refractivity contribution in [3.05, 3.63) is 84.4 Å². The van der Waals surface area contributed by atoms with Gasteiger partial charge in [0, 0.05) is 42.1 Å². The number of piperidine rings is 1. The zero-order valence-corrected chi connectivity index (χ0v) is 27.6. The van der Waals surface area contributed by atoms with E-state index in [4.69, 9.17) is 14.2 Å². The third-order valence-electron chi connectivity index (χ3n) is 8.56. The molecule has 3 N–H and O–H groups in total. The molecular formula is C36H45N3O6S. The molecule has 246 valence electrons. The number of aliphatic hydroxyl groups excluding tert-OH is 1. The van der Waals surface area contributed by atoms with Crippen LogP contribution in [0, 0.1) is 11.3 Å². The first kappa shape index (κ1) is 33.9. The minimum Gasteiger partial charge on any atom is -0.497 e. The van der Waals surface area contributed by atoms with E-state index in [0.29, 0.717) is 19.1 Å². The number of carbonyl (C=O) groups is 2. The van der Waals surface area contributed by atoms with Gasteiger partial charge in [-0.25, -0.2) is 4.31 Å². The van der Waals surface area contributed by atoms with Crippen LogP contribution in [-0.2, 0) is 19.1 Å². The first-order valence-electron chi connectivity index (χ1n) is 15.9. The maximum Gasteiger partial charge on any atom is 0.249 e. The lowest BCUT2D eigenvalue weighted by atomic mass is 9.85. The van der Waals surface area contributed by atoms with Crippen molar-refractivity contribution >= 4 is 23.8 Å². The molecule has 0 radical (unpaired) electrons. The Labute approximate surface area is 276 Å². The third kappa shape index (κ3) is 9.11. The number of methoxy groups -OCH3 is 1. The number of rotatable bonds is 12. The molecule has 3 atom stereocenters. The van der Waals surface area contributed by atoms with Gasteiger partial charge < -0.3 is 30.0 Å². The Hall–Kier alpha value is -3.41. The molecule has 10 heteroatoms. The lowest BCUT2D eigenvalue weighted by molar-refractivity contribution is -0.258. The van der Waals surface area contributed by atoms with Gasteiger partial charge in [-0.1, -0.05) is 68.4 Å². The molecule has 2 amide bonds. The van der Waals surface area contributed by atoms with E-state index < -0.39 is 29.8 Å². The number of benzene rings is 3. The van der Waals surface area contributed by atoms with Crippen molar-refractivity contribution in [2.75, 3.05) is 39.9 Å². The average molecular weight is 648 g/mol. The van der Waals surface area contributed by atoms with E-state index in [-0.39, 0.29) is 18.9 Å². The van der Waals surface area contributed by atoms with Crippen LogP contribution in [0.5, 0.6) is 5.75 Å². The summed E-state index contributed by atoms with van der Waals surface area (Å²) in [5, 5.41) is 16.2. The quantitative estimate of drug-likeness (QED) is 0.230. The van der Waals surface area contributed by atoms with E-state index >= 15 is 0 Å². The normalized spacial score (nSPS) is 20.9. The fourth-order valence-corrected chi connectivity index (χ4v) is 6.63. The Morgan fingerprint density at radius 3 is 2.33 bits per heavy atom. The summed E-state index contributed by atoms with van der Waals surface area (Å²) in [4.78, 5) is 26.9. The van der Waals surface area contributed by atoms with E-state index in [9.17, 15) is 14.7 Å². The van der Waals surface area contributed by atoms with Crippen molar-refractivity contribution < 1.29 is 28.9 Å². The smallest absolute Gasteiger partial charge is 0.249 e. The van der Waals surface area contributed by atoms with Crippen LogP contribution in [0.25, 0.3) is 11.1 Å². The Balaban J connectivity index is 0.988. The standard InChI is InChI=1S/C36H45N3O6S/c1-36(2)24-44-35(28-9-13-29(43-3)14-10-28)45-32(36)34(42)37-20-17-31(40)33(41)38-23-25-18-21-39(22-19-25)46-30-15-11-27(12-16-30)26-7-5-4-6-8-26/h4-16,25,31-32,35,40H,17-24H2,1-3H3,(H,37,42)(H,38,41). The van der Waals surface area contributed by atoms with Gasteiger partial charge in [0.05, 0.1) is 13.7 Å². The number of aliphatic hydroxyl groups is 1. The lowest BCUT2D eigenvalue weighted by Gasteiger charge is -2.41. The van der Waals surface area contributed by atoms with Crippen molar-refractivity contribution in [1.82, 2.24) is 14.9 Å². The average Bonchev–Trinajstić information content (AvgIpc) is 3.08. The lowest BCUT2D eigenvalue weighted by Crippen LogP contribution is -2.52. The van der Waals surface area contributed by atoms with Gasteiger partial charge in [0.2, 0.25) is 11.8 Å². The SMILES string of the molecule is COc1ccc(C2OCC(C)(C)C(C(=O)NCCC(O)C(=O)NCC3CCN(Sc4ccc(-c5ccccc5)cc4)CC3)O2)cc1. The van der Waals surface area contributed by atoms with Gasteiger partial charge in [-0.2, -0.15) is 0 Å². The highest BCUT2D eigenvalue weighted by molar-refractivity contribution is 7.97. The fraction of sp³-hybridized carbons (Fsp3) is 0.444. The van der Waals surface area contributed by atoms with Crippen LogP contribution in [0.15, 0.2) is 83.8 Å². The molecule has 5 rings (SSSR count). The zero-order chi connectivity index (χ0) is 32.5.